The monoisotopic (exact) mass is 326 g/mol. The van der Waals surface area contributed by atoms with Gasteiger partial charge in [0.2, 0.25) is 5.85 Å². The van der Waals surface area contributed by atoms with Gasteiger partial charge in [-0.3, -0.25) is 0 Å². The Hall–Kier alpha value is -2.15. The van der Waals surface area contributed by atoms with Crippen molar-refractivity contribution in [2.24, 2.45) is 0 Å². The highest BCUT2D eigenvalue weighted by atomic mass is 19.4. The van der Waals surface area contributed by atoms with Crippen molar-refractivity contribution in [1.29, 1.82) is 0 Å². The van der Waals surface area contributed by atoms with Crippen LogP contribution in [-0.4, -0.2) is 23.6 Å². The predicted molar refractivity (Wildman–Crippen MR) is 77.4 cm³/mol. The average molecular weight is 326 g/mol. The van der Waals surface area contributed by atoms with Crippen LogP contribution in [0.25, 0.3) is 0 Å². The van der Waals surface area contributed by atoms with Crippen molar-refractivity contribution in [1.82, 2.24) is 4.98 Å². The van der Waals surface area contributed by atoms with E-state index < -0.39 is 24.4 Å². The summed E-state index contributed by atoms with van der Waals surface area (Å²) in [6.07, 6.45) is 0.0911. The van der Waals surface area contributed by atoms with Gasteiger partial charge < -0.3 is 10.1 Å². The largest absolute Gasteiger partial charge is 0.399 e. The Bertz CT molecular complexity index is 696. The first kappa shape index (κ1) is 15.7. The maximum Gasteiger partial charge on any atom is 0.399 e. The molecule has 2 unspecified atom stereocenters. The van der Waals surface area contributed by atoms with Gasteiger partial charge in [-0.05, 0) is 23.8 Å². The van der Waals surface area contributed by atoms with Crippen LogP contribution in [-0.2, 0) is 4.74 Å². The molecular weight excluding hydrogens is 312 g/mol. The molecule has 3 nitrogen and oxygen atoms in total. The van der Waals surface area contributed by atoms with Crippen molar-refractivity contribution in [3.63, 3.8) is 0 Å². The molecule has 3 rings (SSSR count). The third-order valence-electron chi connectivity index (χ3n) is 3.80. The molecule has 0 saturated heterocycles. The zero-order chi connectivity index (χ0) is 16.7. The van der Waals surface area contributed by atoms with Gasteiger partial charge in [0.1, 0.15) is 11.7 Å². The predicted octanol–water partition coefficient (Wildman–Crippen LogP) is 4.24. The molecule has 1 aliphatic heterocycles. The number of anilines is 1. The van der Waals surface area contributed by atoms with Crippen molar-refractivity contribution in [3.05, 3.63) is 60.0 Å². The molecule has 0 amide bonds. The van der Waals surface area contributed by atoms with Gasteiger partial charge in [0, 0.05) is 23.9 Å². The number of halogens is 4. The zero-order valence-corrected chi connectivity index (χ0v) is 12.0. The molecule has 2 atom stereocenters. The number of hydrogen-bond acceptors (Lipinski definition) is 3. The molecular formula is C16H14F4N2O. The fraction of sp³-hybridized carbons (Fsp3) is 0.312. The molecule has 23 heavy (non-hydrogen) atoms. The van der Waals surface area contributed by atoms with E-state index in [2.05, 4.69) is 16.9 Å². The summed E-state index contributed by atoms with van der Waals surface area (Å²) >= 11 is 0. The van der Waals surface area contributed by atoms with E-state index in [0.29, 0.717) is 0 Å². The van der Waals surface area contributed by atoms with Crippen LogP contribution in [0.1, 0.15) is 17.9 Å². The normalized spacial score (nSPS) is 26.3. The van der Waals surface area contributed by atoms with Crippen molar-refractivity contribution in [2.45, 2.75) is 24.4 Å². The quantitative estimate of drug-likeness (QED) is 0.666. The number of nitrogens with one attached hydrogen (secondary N) is 1. The number of ether oxygens (including phenoxy) is 1. The Kier molecular flexibility index (Phi) is 3.75. The van der Waals surface area contributed by atoms with Gasteiger partial charge in [0.05, 0.1) is 6.61 Å². The van der Waals surface area contributed by atoms with Crippen LogP contribution < -0.4 is 5.32 Å². The average Bonchev–Trinajstić information content (AvgIpc) is 2.49. The number of fused-ring (bicyclic) bond motifs is 1. The summed E-state index contributed by atoms with van der Waals surface area (Å²) in [7, 11) is 0. The van der Waals surface area contributed by atoms with Gasteiger partial charge in [-0.25, -0.2) is 9.37 Å². The summed E-state index contributed by atoms with van der Waals surface area (Å²) in [5, 5.41) is 2.83. The van der Waals surface area contributed by atoms with Crippen LogP contribution >= 0.6 is 0 Å². The van der Waals surface area contributed by atoms with E-state index in [1.807, 2.05) is 0 Å². The lowest BCUT2D eigenvalue weighted by Crippen LogP contribution is -2.36. The molecule has 1 aromatic rings. The molecule has 1 aliphatic carbocycles. The van der Waals surface area contributed by atoms with Crippen LogP contribution in [0, 0.1) is 0 Å². The Labute approximate surface area is 130 Å². The Morgan fingerprint density at radius 3 is 2.96 bits per heavy atom. The minimum Gasteiger partial charge on any atom is -0.340 e. The number of alkyl halides is 4. The number of allylic oxidation sites excluding steroid dienone is 1. The standard InChI is InChI=1S/C16H14F4N2O/c1-2-8-23-15(17)6-5-12-11(9-15)13(16(18,19)20)10-4-3-7-21-14(10)22-12/h2-7,13H,1,8-9H2,(H,21,22). The molecule has 0 bridgehead atoms. The first-order valence-electron chi connectivity index (χ1n) is 6.99. The fourth-order valence-electron chi connectivity index (χ4n) is 2.85. The van der Waals surface area contributed by atoms with Crippen molar-refractivity contribution < 1.29 is 22.3 Å². The minimum absolute atomic E-state index is 0.0138. The van der Waals surface area contributed by atoms with Crippen LogP contribution in [0.15, 0.2) is 54.4 Å². The Morgan fingerprint density at radius 1 is 1.48 bits per heavy atom. The van der Waals surface area contributed by atoms with Crippen molar-refractivity contribution >= 4 is 5.82 Å². The molecule has 2 heterocycles. The summed E-state index contributed by atoms with van der Waals surface area (Å²) in [4.78, 5) is 3.94. The molecule has 1 N–H and O–H groups in total. The van der Waals surface area contributed by atoms with E-state index in [1.165, 1.54) is 30.5 Å². The van der Waals surface area contributed by atoms with E-state index in [-0.39, 0.29) is 29.3 Å². The first-order chi connectivity index (χ1) is 10.8. The third kappa shape index (κ3) is 2.88. The number of pyridine rings is 1. The van der Waals surface area contributed by atoms with Gasteiger partial charge in [-0.1, -0.05) is 12.1 Å². The summed E-state index contributed by atoms with van der Waals surface area (Å²) in [6, 6.07) is 2.78. The lowest BCUT2D eigenvalue weighted by atomic mass is 9.81. The lowest BCUT2D eigenvalue weighted by molar-refractivity contribution is -0.147. The third-order valence-corrected chi connectivity index (χ3v) is 3.80. The minimum atomic E-state index is -4.55. The molecule has 7 heteroatoms. The van der Waals surface area contributed by atoms with Gasteiger partial charge >= 0.3 is 6.18 Å². The fourth-order valence-corrected chi connectivity index (χ4v) is 2.85. The molecule has 0 saturated carbocycles. The summed E-state index contributed by atoms with van der Waals surface area (Å²) in [5.41, 5.74) is 0.112. The highest BCUT2D eigenvalue weighted by Gasteiger charge is 2.50. The Balaban J connectivity index is 2.03. The van der Waals surface area contributed by atoms with E-state index >= 15 is 0 Å². The van der Waals surface area contributed by atoms with E-state index in [1.54, 1.807) is 0 Å². The second-order valence-electron chi connectivity index (χ2n) is 5.38. The van der Waals surface area contributed by atoms with E-state index in [9.17, 15) is 17.6 Å². The summed E-state index contributed by atoms with van der Waals surface area (Å²) in [5.74, 6) is -4.05. The maximum atomic E-state index is 14.7. The molecule has 122 valence electrons. The molecule has 0 spiro atoms. The SMILES string of the molecule is C=CCOC1(F)C=CC2=C(C1)C(C(F)(F)F)c1cccnc1N2. The second kappa shape index (κ2) is 5.49. The van der Waals surface area contributed by atoms with Crippen LogP contribution in [0.5, 0.6) is 0 Å². The lowest BCUT2D eigenvalue weighted by Gasteiger charge is -2.36. The number of aromatic nitrogens is 1. The Morgan fingerprint density at radius 2 is 2.26 bits per heavy atom. The van der Waals surface area contributed by atoms with Crippen molar-refractivity contribution in [2.75, 3.05) is 11.9 Å². The van der Waals surface area contributed by atoms with Crippen LogP contribution in [0.2, 0.25) is 0 Å². The van der Waals surface area contributed by atoms with Gasteiger partial charge in [0.25, 0.3) is 0 Å². The van der Waals surface area contributed by atoms with Crippen LogP contribution in [0.3, 0.4) is 0 Å². The highest BCUT2D eigenvalue weighted by molar-refractivity contribution is 5.62. The molecule has 2 aliphatic rings. The van der Waals surface area contributed by atoms with Crippen LogP contribution in [0.4, 0.5) is 23.4 Å². The van der Waals surface area contributed by atoms with E-state index in [0.717, 1.165) is 6.08 Å². The second-order valence-corrected chi connectivity index (χ2v) is 5.38. The van der Waals surface area contributed by atoms with Crippen molar-refractivity contribution in [3.8, 4) is 0 Å². The molecule has 0 aromatic carbocycles. The molecule has 0 fully saturated rings. The topological polar surface area (TPSA) is 34.1 Å². The summed E-state index contributed by atoms with van der Waals surface area (Å²) < 4.78 is 60.5. The zero-order valence-electron chi connectivity index (χ0n) is 12.0. The maximum absolute atomic E-state index is 14.7. The smallest absolute Gasteiger partial charge is 0.340 e. The van der Waals surface area contributed by atoms with Gasteiger partial charge in [-0.15, -0.1) is 6.58 Å². The summed E-state index contributed by atoms with van der Waals surface area (Å²) in [6.45, 7) is 3.32. The first-order valence-corrected chi connectivity index (χ1v) is 6.99. The number of rotatable bonds is 3. The highest BCUT2D eigenvalue weighted by Crippen LogP contribution is 2.50. The van der Waals surface area contributed by atoms with Gasteiger partial charge in [0.15, 0.2) is 0 Å². The number of hydrogen-bond donors (Lipinski definition) is 1. The van der Waals surface area contributed by atoms with E-state index in [4.69, 9.17) is 4.74 Å². The number of nitrogens with zero attached hydrogens (tertiary/aromatic N) is 1. The molecule has 1 aromatic heterocycles. The van der Waals surface area contributed by atoms with Gasteiger partial charge in [-0.2, -0.15) is 13.2 Å². The molecule has 0 radical (unpaired) electrons.